The van der Waals surface area contributed by atoms with Gasteiger partial charge in [-0.05, 0) is 62.1 Å². The van der Waals surface area contributed by atoms with Crippen molar-refractivity contribution in [2.45, 2.75) is 64.4 Å². The minimum atomic E-state index is -4.17. The smallest absolute Gasteiger partial charge is 0.264 e. The summed E-state index contributed by atoms with van der Waals surface area (Å²) in [6.07, 6.45) is 2.11. The van der Waals surface area contributed by atoms with Crippen molar-refractivity contribution in [3.05, 3.63) is 94.5 Å². The van der Waals surface area contributed by atoms with Crippen LogP contribution in [0.15, 0.2) is 77.7 Å². The fraction of sp³-hybridized carbons (Fsp3) is 0.355. The van der Waals surface area contributed by atoms with Crippen LogP contribution in [0.25, 0.3) is 0 Å². The van der Waals surface area contributed by atoms with E-state index in [0.717, 1.165) is 33.8 Å². The molecule has 0 aliphatic heterocycles. The second-order valence-corrected chi connectivity index (χ2v) is 12.1. The number of carbonyl (C=O) groups excluding carboxylic acids is 2. The van der Waals surface area contributed by atoms with Crippen molar-refractivity contribution >= 4 is 39.1 Å². The number of sulfonamides is 1. The summed E-state index contributed by atoms with van der Waals surface area (Å²) >= 11 is 6.47. The number of halogens is 1. The van der Waals surface area contributed by atoms with E-state index in [9.17, 15) is 18.0 Å². The summed E-state index contributed by atoms with van der Waals surface area (Å²) in [5.41, 5.74) is 2.94. The summed E-state index contributed by atoms with van der Waals surface area (Å²) in [4.78, 5) is 28.9. The van der Waals surface area contributed by atoms with Crippen LogP contribution in [0, 0.1) is 13.8 Å². The molecule has 3 aromatic carbocycles. The molecular weight excluding hydrogens is 546 g/mol. The van der Waals surface area contributed by atoms with E-state index >= 15 is 0 Å². The number of anilines is 1. The van der Waals surface area contributed by atoms with Gasteiger partial charge in [0.05, 0.1) is 15.6 Å². The Hall–Kier alpha value is -3.36. The highest BCUT2D eigenvalue weighted by Crippen LogP contribution is 2.31. The van der Waals surface area contributed by atoms with E-state index in [4.69, 9.17) is 11.6 Å². The van der Waals surface area contributed by atoms with Gasteiger partial charge in [0.2, 0.25) is 11.8 Å². The largest absolute Gasteiger partial charge is 0.354 e. The lowest BCUT2D eigenvalue weighted by atomic mass is 10.1. The van der Waals surface area contributed by atoms with Crippen molar-refractivity contribution in [3.63, 3.8) is 0 Å². The number of hydrogen-bond donors (Lipinski definition) is 1. The molecule has 1 atom stereocenters. The first-order valence-electron chi connectivity index (χ1n) is 13.6. The second-order valence-electron chi connectivity index (χ2n) is 9.79. The molecule has 214 valence electrons. The van der Waals surface area contributed by atoms with Gasteiger partial charge >= 0.3 is 0 Å². The van der Waals surface area contributed by atoms with Crippen molar-refractivity contribution in [2.75, 3.05) is 17.4 Å². The Balaban J connectivity index is 2.06. The number of nitrogens with one attached hydrogen (secondary N) is 1. The Kier molecular flexibility index (Phi) is 11.2. The van der Waals surface area contributed by atoms with Crippen molar-refractivity contribution in [3.8, 4) is 0 Å². The van der Waals surface area contributed by atoms with Gasteiger partial charge in [-0.25, -0.2) is 8.42 Å². The quantitative estimate of drug-likeness (QED) is 0.255. The Bertz CT molecular complexity index is 1410. The molecule has 7 nitrogen and oxygen atoms in total. The van der Waals surface area contributed by atoms with Gasteiger partial charge in [-0.15, -0.1) is 0 Å². The van der Waals surface area contributed by atoms with Gasteiger partial charge in [-0.3, -0.25) is 13.9 Å². The predicted octanol–water partition coefficient (Wildman–Crippen LogP) is 5.88. The van der Waals surface area contributed by atoms with E-state index in [2.05, 4.69) is 5.32 Å². The molecule has 40 heavy (non-hydrogen) atoms. The lowest BCUT2D eigenvalue weighted by Gasteiger charge is -2.33. The molecule has 0 bridgehead atoms. The lowest BCUT2D eigenvalue weighted by Crippen LogP contribution is -2.52. The molecule has 0 saturated heterocycles. The SMILES string of the molecule is CCCCNC(=O)[C@H](CC)N(Cc1ccccc1C)C(=O)CN(c1ccccc1Cl)S(=O)(=O)c1ccc(C)cc1. The van der Waals surface area contributed by atoms with Crippen LogP contribution in [0.2, 0.25) is 5.02 Å². The monoisotopic (exact) mass is 583 g/mol. The molecule has 0 aliphatic carbocycles. The number of para-hydroxylation sites is 1. The maximum absolute atomic E-state index is 14.1. The van der Waals surface area contributed by atoms with E-state index in [1.165, 1.54) is 17.0 Å². The number of carbonyl (C=O) groups is 2. The van der Waals surface area contributed by atoms with Crippen molar-refractivity contribution in [2.24, 2.45) is 0 Å². The Morgan fingerprint density at radius 1 is 0.925 bits per heavy atom. The zero-order chi connectivity index (χ0) is 29.3. The fourth-order valence-electron chi connectivity index (χ4n) is 4.40. The molecule has 3 rings (SSSR count). The Morgan fingerprint density at radius 3 is 2.20 bits per heavy atom. The van der Waals surface area contributed by atoms with E-state index < -0.39 is 28.5 Å². The van der Waals surface area contributed by atoms with Crippen LogP contribution in [0.1, 0.15) is 49.8 Å². The van der Waals surface area contributed by atoms with Crippen molar-refractivity contribution < 1.29 is 18.0 Å². The first-order valence-corrected chi connectivity index (χ1v) is 15.4. The highest BCUT2D eigenvalue weighted by molar-refractivity contribution is 7.92. The molecule has 0 unspecified atom stereocenters. The number of hydrogen-bond acceptors (Lipinski definition) is 4. The zero-order valence-electron chi connectivity index (χ0n) is 23.6. The average Bonchev–Trinajstić information content (AvgIpc) is 2.93. The fourth-order valence-corrected chi connectivity index (χ4v) is 6.12. The van der Waals surface area contributed by atoms with Gasteiger partial charge in [0.1, 0.15) is 12.6 Å². The molecule has 2 amide bonds. The number of nitrogens with zero attached hydrogens (tertiary/aromatic N) is 2. The van der Waals surface area contributed by atoms with E-state index in [0.29, 0.717) is 13.0 Å². The van der Waals surface area contributed by atoms with Crippen LogP contribution in [-0.2, 0) is 26.2 Å². The van der Waals surface area contributed by atoms with Crippen LogP contribution >= 0.6 is 11.6 Å². The lowest BCUT2D eigenvalue weighted by molar-refractivity contribution is -0.140. The predicted molar refractivity (Wildman–Crippen MR) is 161 cm³/mol. The zero-order valence-corrected chi connectivity index (χ0v) is 25.1. The van der Waals surface area contributed by atoms with Gasteiger partial charge in [-0.1, -0.05) is 86.0 Å². The third-order valence-electron chi connectivity index (χ3n) is 6.83. The molecule has 0 aromatic heterocycles. The summed E-state index contributed by atoms with van der Waals surface area (Å²) in [5.74, 6) is -0.764. The van der Waals surface area contributed by atoms with Crippen LogP contribution in [0.4, 0.5) is 5.69 Å². The van der Waals surface area contributed by atoms with E-state index in [-0.39, 0.29) is 28.1 Å². The standard InChI is InChI=1S/C31H38ClN3O4S/c1-5-7-20-33-31(37)28(6-2)34(21-25-13-9-8-12-24(25)4)30(36)22-35(29-15-11-10-14-27(29)32)40(38,39)26-18-16-23(3)17-19-26/h8-19,28H,5-7,20-22H2,1-4H3,(H,33,37)/t28-/m0/s1. The van der Waals surface area contributed by atoms with Crippen LogP contribution in [0.5, 0.6) is 0 Å². The van der Waals surface area contributed by atoms with Crippen LogP contribution in [-0.4, -0.2) is 44.3 Å². The van der Waals surface area contributed by atoms with Gasteiger partial charge in [0, 0.05) is 13.1 Å². The minimum Gasteiger partial charge on any atom is -0.354 e. The Morgan fingerprint density at radius 2 is 1.57 bits per heavy atom. The van der Waals surface area contributed by atoms with E-state index in [1.807, 2.05) is 52.0 Å². The molecular formula is C31H38ClN3O4S. The topological polar surface area (TPSA) is 86.8 Å². The number of rotatable bonds is 13. The van der Waals surface area contributed by atoms with Gasteiger partial charge < -0.3 is 10.2 Å². The third kappa shape index (κ3) is 7.64. The summed E-state index contributed by atoms with van der Waals surface area (Å²) < 4.78 is 28.9. The molecule has 3 aromatic rings. The first-order chi connectivity index (χ1) is 19.1. The van der Waals surface area contributed by atoms with E-state index in [1.54, 1.807) is 36.4 Å². The summed E-state index contributed by atoms with van der Waals surface area (Å²) in [5, 5.41) is 3.14. The highest BCUT2D eigenvalue weighted by Gasteiger charge is 2.34. The summed E-state index contributed by atoms with van der Waals surface area (Å²) in [6.45, 7) is 7.83. The maximum atomic E-state index is 14.1. The third-order valence-corrected chi connectivity index (χ3v) is 8.92. The van der Waals surface area contributed by atoms with Crippen molar-refractivity contribution in [1.82, 2.24) is 10.2 Å². The molecule has 0 radical (unpaired) electrons. The van der Waals surface area contributed by atoms with Gasteiger partial charge in [0.25, 0.3) is 10.0 Å². The van der Waals surface area contributed by atoms with Crippen LogP contribution in [0.3, 0.4) is 0 Å². The number of benzene rings is 3. The maximum Gasteiger partial charge on any atom is 0.264 e. The summed E-state index contributed by atoms with van der Waals surface area (Å²) in [7, 11) is -4.17. The second kappa shape index (κ2) is 14.3. The number of unbranched alkanes of at least 4 members (excludes halogenated alkanes) is 1. The number of aryl methyl sites for hydroxylation is 2. The Labute approximate surface area is 243 Å². The molecule has 0 fully saturated rings. The van der Waals surface area contributed by atoms with Crippen LogP contribution < -0.4 is 9.62 Å². The molecule has 0 saturated carbocycles. The van der Waals surface area contributed by atoms with Gasteiger partial charge in [-0.2, -0.15) is 0 Å². The van der Waals surface area contributed by atoms with Crippen molar-refractivity contribution in [1.29, 1.82) is 0 Å². The first kappa shape index (κ1) is 31.2. The number of amides is 2. The van der Waals surface area contributed by atoms with Gasteiger partial charge in [0.15, 0.2) is 0 Å². The highest BCUT2D eigenvalue weighted by atomic mass is 35.5. The minimum absolute atomic E-state index is 0.0422. The summed E-state index contributed by atoms with van der Waals surface area (Å²) in [6, 6.07) is 19.8. The molecule has 0 aliphatic rings. The molecule has 0 heterocycles. The molecule has 1 N–H and O–H groups in total. The average molecular weight is 584 g/mol. The molecule has 0 spiro atoms. The normalized spacial score (nSPS) is 12.0. The molecule has 9 heteroatoms.